The largest absolute Gasteiger partial charge is 0.392 e. The van der Waals surface area contributed by atoms with Gasteiger partial charge in [0.05, 0.1) is 18.8 Å². The summed E-state index contributed by atoms with van der Waals surface area (Å²) in [5.74, 6) is 0.562. The average molecular weight is 214 g/mol. The molecule has 1 aliphatic carbocycles. The van der Waals surface area contributed by atoms with Crippen LogP contribution in [0, 0.1) is 5.92 Å². The van der Waals surface area contributed by atoms with E-state index in [1.807, 2.05) is 0 Å². The molecule has 1 saturated carbocycles. The van der Waals surface area contributed by atoms with Crippen LogP contribution < -0.4 is 5.32 Å². The molecule has 0 aromatic heterocycles. The number of nitrogens with one attached hydrogen (secondary N) is 1. The minimum atomic E-state index is -0.147. The van der Waals surface area contributed by atoms with Gasteiger partial charge in [-0.2, -0.15) is 0 Å². The molecule has 4 heteroatoms. The molecule has 2 N–H and O–H groups in total. The summed E-state index contributed by atoms with van der Waals surface area (Å²) >= 11 is 0. The molecular weight excluding hydrogens is 192 g/mol. The molecule has 15 heavy (non-hydrogen) atoms. The monoisotopic (exact) mass is 214 g/mol. The summed E-state index contributed by atoms with van der Waals surface area (Å²) in [6.07, 6.45) is 2.54. The van der Waals surface area contributed by atoms with Gasteiger partial charge in [-0.15, -0.1) is 0 Å². The van der Waals surface area contributed by atoms with Gasteiger partial charge in [-0.1, -0.05) is 0 Å². The Morgan fingerprint density at radius 3 is 3.00 bits per heavy atom. The number of hydrogen-bond acceptors (Lipinski definition) is 4. The highest BCUT2D eigenvalue weighted by molar-refractivity contribution is 4.82. The molecular formula is C11H22N2O2. The number of hydrogen-bond donors (Lipinski definition) is 2. The van der Waals surface area contributed by atoms with Gasteiger partial charge in [0.25, 0.3) is 0 Å². The van der Waals surface area contributed by atoms with Crippen molar-refractivity contribution in [2.45, 2.75) is 25.0 Å². The van der Waals surface area contributed by atoms with E-state index >= 15 is 0 Å². The van der Waals surface area contributed by atoms with Crippen LogP contribution in [0.4, 0.5) is 0 Å². The second-order valence-electron chi connectivity index (χ2n) is 4.82. The fourth-order valence-corrected chi connectivity index (χ4v) is 2.03. The molecule has 2 fully saturated rings. The smallest absolute Gasteiger partial charge is 0.0826 e. The van der Waals surface area contributed by atoms with E-state index in [2.05, 4.69) is 17.3 Å². The van der Waals surface area contributed by atoms with Crippen molar-refractivity contribution in [1.29, 1.82) is 0 Å². The lowest BCUT2D eigenvalue weighted by Crippen LogP contribution is -2.46. The SMILES string of the molecule is CN1CCOC(CNCC(O)C2CC2)C1. The van der Waals surface area contributed by atoms with Crippen LogP contribution in [0.15, 0.2) is 0 Å². The van der Waals surface area contributed by atoms with Crippen LogP contribution in [0.2, 0.25) is 0 Å². The Kier molecular flexibility index (Phi) is 3.97. The molecule has 2 unspecified atom stereocenters. The second-order valence-corrected chi connectivity index (χ2v) is 4.82. The lowest BCUT2D eigenvalue weighted by Gasteiger charge is -2.30. The fraction of sp³-hybridized carbons (Fsp3) is 1.00. The van der Waals surface area contributed by atoms with E-state index in [1.54, 1.807) is 0 Å². The molecule has 0 aromatic carbocycles. The number of nitrogens with zero attached hydrogens (tertiary/aromatic N) is 1. The maximum atomic E-state index is 9.66. The van der Waals surface area contributed by atoms with Gasteiger partial charge in [0.2, 0.25) is 0 Å². The number of aliphatic hydroxyl groups excluding tert-OH is 1. The van der Waals surface area contributed by atoms with Crippen LogP contribution in [-0.4, -0.2) is 62.0 Å². The van der Waals surface area contributed by atoms with Crippen molar-refractivity contribution in [2.24, 2.45) is 5.92 Å². The van der Waals surface area contributed by atoms with Gasteiger partial charge in [-0.05, 0) is 25.8 Å². The zero-order valence-electron chi connectivity index (χ0n) is 9.48. The van der Waals surface area contributed by atoms with E-state index in [1.165, 1.54) is 12.8 Å². The van der Waals surface area contributed by atoms with Gasteiger partial charge < -0.3 is 20.1 Å². The van der Waals surface area contributed by atoms with Crippen LogP contribution >= 0.6 is 0 Å². The van der Waals surface area contributed by atoms with Gasteiger partial charge in [0.1, 0.15) is 0 Å². The molecule has 0 radical (unpaired) electrons. The lowest BCUT2D eigenvalue weighted by atomic mass is 10.2. The number of morpholine rings is 1. The Morgan fingerprint density at radius 2 is 2.33 bits per heavy atom. The van der Waals surface area contributed by atoms with Gasteiger partial charge in [-0.3, -0.25) is 0 Å². The molecule has 0 bridgehead atoms. The third kappa shape index (κ3) is 3.72. The first-order valence-corrected chi connectivity index (χ1v) is 5.94. The Bertz CT molecular complexity index is 197. The summed E-state index contributed by atoms with van der Waals surface area (Å²) in [7, 11) is 2.12. The van der Waals surface area contributed by atoms with Crippen LogP contribution in [-0.2, 0) is 4.74 Å². The highest BCUT2D eigenvalue weighted by atomic mass is 16.5. The molecule has 0 amide bonds. The first kappa shape index (κ1) is 11.3. The molecule has 2 aliphatic rings. The third-order valence-corrected chi connectivity index (χ3v) is 3.23. The molecule has 1 heterocycles. The fourth-order valence-electron chi connectivity index (χ4n) is 2.03. The maximum Gasteiger partial charge on any atom is 0.0826 e. The molecule has 0 spiro atoms. The summed E-state index contributed by atoms with van der Waals surface area (Å²) in [5.41, 5.74) is 0. The second kappa shape index (κ2) is 5.25. The summed E-state index contributed by atoms with van der Waals surface area (Å²) in [5, 5.41) is 13.0. The molecule has 0 aromatic rings. The zero-order chi connectivity index (χ0) is 10.7. The Hall–Kier alpha value is -0.160. The number of rotatable bonds is 5. The first-order chi connectivity index (χ1) is 7.25. The Balaban J connectivity index is 1.56. The third-order valence-electron chi connectivity index (χ3n) is 3.23. The van der Waals surface area contributed by atoms with Crippen LogP contribution in [0.3, 0.4) is 0 Å². The number of ether oxygens (including phenoxy) is 1. The van der Waals surface area contributed by atoms with E-state index in [9.17, 15) is 5.11 Å². The van der Waals surface area contributed by atoms with Crippen molar-refractivity contribution in [2.75, 3.05) is 39.8 Å². The summed E-state index contributed by atoms with van der Waals surface area (Å²) in [6.45, 7) is 4.42. The van der Waals surface area contributed by atoms with Crippen LogP contribution in [0.25, 0.3) is 0 Å². The summed E-state index contributed by atoms with van der Waals surface area (Å²) < 4.78 is 5.62. The number of likely N-dealkylation sites (N-methyl/N-ethyl adjacent to an activating group) is 1. The van der Waals surface area contributed by atoms with Gasteiger partial charge in [0.15, 0.2) is 0 Å². The Labute approximate surface area is 91.6 Å². The summed E-state index contributed by atoms with van der Waals surface area (Å²) in [6, 6.07) is 0. The van der Waals surface area contributed by atoms with Crippen molar-refractivity contribution >= 4 is 0 Å². The molecule has 1 saturated heterocycles. The Morgan fingerprint density at radius 1 is 1.53 bits per heavy atom. The standard InChI is InChI=1S/C11H22N2O2/c1-13-4-5-15-10(8-13)6-12-7-11(14)9-2-3-9/h9-12,14H,2-8H2,1H3. The van der Waals surface area contributed by atoms with E-state index in [-0.39, 0.29) is 12.2 Å². The van der Waals surface area contributed by atoms with Gasteiger partial charge >= 0.3 is 0 Å². The maximum absolute atomic E-state index is 9.66. The molecule has 1 aliphatic heterocycles. The predicted molar refractivity (Wildman–Crippen MR) is 58.8 cm³/mol. The lowest BCUT2D eigenvalue weighted by molar-refractivity contribution is -0.0193. The van der Waals surface area contributed by atoms with E-state index in [0.717, 1.165) is 26.2 Å². The quantitative estimate of drug-likeness (QED) is 0.658. The van der Waals surface area contributed by atoms with Crippen molar-refractivity contribution in [3.05, 3.63) is 0 Å². The summed E-state index contributed by atoms with van der Waals surface area (Å²) in [4.78, 5) is 2.28. The predicted octanol–water partition coefficient (Wildman–Crippen LogP) is -0.322. The van der Waals surface area contributed by atoms with Gasteiger partial charge in [0, 0.05) is 26.2 Å². The molecule has 2 rings (SSSR count). The molecule has 88 valence electrons. The number of aliphatic hydroxyl groups is 1. The van der Waals surface area contributed by atoms with Crippen LogP contribution in [0.1, 0.15) is 12.8 Å². The van der Waals surface area contributed by atoms with Crippen molar-refractivity contribution in [1.82, 2.24) is 10.2 Å². The van der Waals surface area contributed by atoms with Crippen molar-refractivity contribution < 1.29 is 9.84 Å². The van der Waals surface area contributed by atoms with Crippen molar-refractivity contribution in [3.63, 3.8) is 0 Å². The minimum absolute atomic E-state index is 0.147. The molecule has 2 atom stereocenters. The van der Waals surface area contributed by atoms with E-state index < -0.39 is 0 Å². The zero-order valence-corrected chi connectivity index (χ0v) is 9.48. The normalized spacial score (nSPS) is 30.4. The van der Waals surface area contributed by atoms with E-state index in [4.69, 9.17) is 4.74 Å². The highest BCUT2D eigenvalue weighted by Gasteiger charge is 2.29. The van der Waals surface area contributed by atoms with Crippen LogP contribution in [0.5, 0.6) is 0 Å². The average Bonchev–Trinajstić information content (AvgIpc) is 3.00. The molecule has 4 nitrogen and oxygen atoms in total. The van der Waals surface area contributed by atoms with E-state index in [0.29, 0.717) is 12.5 Å². The van der Waals surface area contributed by atoms with Crippen molar-refractivity contribution in [3.8, 4) is 0 Å². The first-order valence-electron chi connectivity index (χ1n) is 5.94. The van der Waals surface area contributed by atoms with Gasteiger partial charge in [-0.25, -0.2) is 0 Å². The highest BCUT2D eigenvalue weighted by Crippen LogP contribution is 2.32. The minimum Gasteiger partial charge on any atom is -0.392 e. The topological polar surface area (TPSA) is 44.7 Å².